The van der Waals surface area contributed by atoms with Crippen molar-refractivity contribution in [3.63, 3.8) is 0 Å². The first-order chi connectivity index (χ1) is 13.9. The maximum absolute atomic E-state index is 2.27. The van der Waals surface area contributed by atoms with E-state index >= 15 is 0 Å². The van der Waals surface area contributed by atoms with E-state index in [1.54, 1.807) is 0 Å². The van der Waals surface area contributed by atoms with E-state index in [-0.39, 0.29) is 0 Å². The van der Waals surface area contributed by atoms with Crippen molar-refractivity contribution in [3.05, 3.63) is 144 Å². The molecule has 134 valence electrons. The Balaban J connectivity index is 1.77. The van der Waals surface area contributed by atoms with Gasteiger partial charge in [0.25, 0.3) is 0 Å². The van der Waals surface area contributed by atoms with Crippen LogP contribution in [-0.4, -0.2) is 0 Å². The van der Waals surface area contributed by atoms with Crippen LogP contribution < -0.4 is 0 Å². The fraction of sp³-hybridized carbons (Fsp3) is 0.0714. The van der Waals surface area contributed by atoms with Crippen LogP contribution in [0.3, 0.4) is 0 Å². The lowest BCUT2D eigenvalue weighted by molar-refractivity contribution is 0.720. The number of allylic oxidation sites excluding steroid dienone is 2. The minimum atomic E-state index is 0.362. The van der Waals surface area contributed by atoms with E-state index < -0.39 is 0 Å². The van der Waals surface area contributed by atoms with Crippen molar-refractivity contribution < 1.29 is 0 Å². The van der Waals surface area contributed by atoms with Crippen LogP contribution >= 0.6 is 0 Å². The van der Waals surface area contributed by atoms with Crippen LogP contribution in [0, 0.1) is 0 Å². The lowest BCUT2D eigenvalue weighted by atomic mass is 9.59. The molecule has 0 bridgehead atoms. The van der Waals surface area contributed by atoms with E-state index in [1.165, 1.54) is 33.4 Å². The fourth-order valence-corrected chi connectivity index (χ4v) is 4.52. The minimum Gasteiger partial charge on any atom is -0.0622 e. The second kappa shape index (κ2) is 7.32. The first kappa shape index (κ1) is 16.8. The summed E-state index contributed by atoms with van der Waals surface area (Å²) in [5.74, 6) is 0.724. The highest BCUT2D eigenvalue weighted by molar-refractivity contribution is 6.04. The molecule has 0 spiro atoms. The predicted octanol–water partition coefficient (Wildman–Crippen LogP) is 7.18. The third-order valence-corrected chi connectivity index (χ3v) is 5.73. The largest absolute Gasteiger partial charge is 0.0622 e. The number of hydrogen-bond acceptors (Lipinski definition) is 0. The zero-order valence-electron chi connectivity index (χ0n) is 15.7. The molecule has 0 amide bonds. The normalized spacial score (nSPS) is 18.6. The Bertz CT molecular complexity index is 987. The zero-order valence-corrected chi connectivity index (χ0v) is 15.7. The quantitative estimate of drug-likeness (QED) is 0.362. The van der Waals surface area contributed by atoms with Crippen LogP contribution in [-0.2, 0) is 0 Å². The molecule has 0 aliphatic heterocycles. The molecule has 4 aromatic rings. The third kappa shape index (κ3) is 2.88. The molecule has 0 N–H and O–H groups in total. The molecule has 28 heavy (non-hydrogen) atoms. The van der Waals surface area contributed by atoms with Gasteiger partial charge in [0.1, 0.15) is 0 Å². The van der Waals surface area contributed by atoms with Gasteiger partial charge in [-0.15, -0.1) is 0 Å². The second-order valence-corrected chi connectivity index (χ2v) is 7.34. The third-order valence-electron chi connectivity index (χ3n) is 5.73. The van der Waals surface area contributed by atoms with Gasteiger partial charge in [0, 0.05) is 11.8 Å². The van der Waals surface area contributed by atoms with Crippen LogP contribution in [0.15, 0.2) is 121 Å². The minimum absolute atomic E-state index is 0.362. The van der Waals surface area contributed by atoms with Crippen LogP contribution in [0.4, 0.5) is 0 Å². The molecule has 2 atom stereocenters. The van der Waals surface area contributed by atoms with E-state index in [2.05, 4.69) is 121 Å². The molecular formula is C28H22. The lowest BCUT2D eigenvalue weighted by Gasteiger charge is -2.44. The summed E-state index contributed by atoms with van der Waals surface area (Å²) in [5, 5.41) is 0. The van der Waals surface area contributed by atoms with E-state index in [9.17, 15) is 0 Å². The van der Waals surface area contributed by atoms with Gasteiger partial charge in [-0.05, 0) is 33.4 Å². The van der Waals surface area contributed by atoms with Gasteiger partial charge in [-0.25, -0.2) is 0 Å². The van der Waals surface area contributed by atoms with Crippen LogP contribution in [0.2, 0.25) is 0 Å². The fourth-order valence-electron chi connectivity index (χ4n) is 4.52. The Hall–Kier alpha value is -3.38. The summed E-state index contributed by atoms with van der Waals surface area (Å²) in [4.78, 5) is 0. The molecule has 5 rings (SSSR count). The molecule has 0 radical (unpaired) electrons. The molecule has 0 saturated carbocycles. The zero-order chi connectivity index (χ0) is 18.8. The molecule has 1 aliphatic carbocycles. The molecule has 4 aromatic carbocycles. The summed E-state index contributed by atoms with van der Waals surface area (Å²) in [5.41, 5.74) is 8.31. The Morgan fingerprint density at radius 1 is 0.321 bits per heavy atom. The van der Waals surface area contributed by atoms with E-state index in [0.717, 1.165) is 0 Å². The molecule has 0 fully saturated rings. The van der Waals surface area contributed by atoms with Crippen LogP contribution in [0.5, 0.6) is 0 Å². The first-order valence-electron chi connectivity index (χ1n) is 9.88. The van der Waals surface area contributed by atoms with E-state index in [0.29, 0.717) is 11.8 Å². The van der Waals surface area contributed by atoms with Crippen molar-refractivity contribution in [2.45, 2.75) is 11.8 Å². The molecule has 0 unspecified atom stereocenters. The van der Waals surface area contributed by atoms with Gasteiger partial charge in [-0.2, -0.15) is 0 Å². The summed E-state index contributed by atoms with van der Waals surface area (Å²) in [6.07, 6.45) is 0. The highest BCUT2D eigenvalue weighted by atomic mass is 14.4. The molecule has 0 aromatic heterocycles. The average molecular weight is 358 g/mol. The molecule has 0 nitrogen and oxygen atoms in total. The predicted molar refractivity (Wildman–Crippen MR) is 118 cm³/mol. The topological polar surface area (TPSA) is 0 Å². The smallest absolute Gasteiger partial charge is 0.0208 e. The number of hydrogen-bond donors (Lipinski definition) is 0. The SMILES string of the molecule is c1ccc(C2=C(c3ccccc3)[C@@H](c3ccccc3)[C@@H]2c2ccccc2)cc1. The Morgan fingerprint density at radius 3 is 0.929 bits per heavy atom. The highest BCUT2D eigenvalue weighted by Crippen LogP contribution is 2.61. The Labute approximate surface area is 166 Å². The van der Waals surface area contributed by atoms with Gasteiger partial charge in [-0.1, -0.05) is 121 Å². The van der Waals surface area contributed by atoms with Gasteiger partial charge in [-0.3, -0.25) is 0 Å². The summed E-state index contributed by atoms with van der Waals surface area (Å²) in [7, 11) is 0. The van der Waals surface area contributed by atoms with E-state index in [4.69, 9.17) is 0 Å². The molecular weight excluding hydrogens is 336 g/mol. The van der Waals surface area contributed by atoms with Crippen molar-refractivity contribution >= 4 is 11.1 Å². The summed E-state index contributed by atoms with van der Waals surface area (Å²) >= 11 is 0. The number of benzene rings is 4. The highest BCUT2D eigenvalue weighted by Gasteiger charge is 2.42. The first-order valence-corrected chi connectivity index (χ1v) is 9.88. The maximum Gasteiger partial charge on any atom is 0.0208 e. The van der Waals surface area contributed by atoms with Crippen molar-refractivity contribution in [1.82, 2.24) is 0 Å². The monoisotopic (exact) mass is 358 g/mol. The van der Waals surface area contributed by atoms with Crippen LogP contribution in [0.1, 0.15) is 34.1 Å². The lowest BCUT2D eigenvalue weighted by Crippen LogP contribution is -2.26. The van der Waals surface area contributed by atoms with Crippen molar-refractivity contribution in [1.29, 1.82) is 0 Å². The maximum atomic E-state index is 2.27. The summed E-state index contributed by atoms with van der Waals surface area (Å²) in [6, 6.07) is 43.6. The van der Waals surface area contributed by atoms with Crippen molar-refractivity contribution in [2.24, 2.45) is 0 Å². The molecule has 0 heterocycles. The standard InChI is InChI=1S/C28H22/c1-5-13-21(14-6-1)25-26(22-15-7-2-8-16-22)28(24-19-11-4-12-20-24)27(25)23-17-9-3-10-18-23/h1-20,25-26H/t25-,26-/m0/s1. The van der Waals surface area contributed by atoms with Crippen molar-refractivity contribution in [3.8, 4) is 0 Å². The van der Waals surface area contributed by atoms with E-state index in [1.807, 2.05) is 0 Å². The summed E-state index contributed by atoms with van der Waals surface area (Å²) in [6.45, 7) is 0. The van der Waals surface area contributed by atoms with Gasteiger partial charge in [0.2, 0.25) is 0 Å². The van der Waals surface area contributed by atoms with Gasteiger partial charge in [0.05, 0.1) is 0 Å². The molecule has 1 aliphatic rings. The average Bonchev–Trinajstić information content (AvgIpc) is 2.76. The van der Waals surface area contributed by atoms with Gasteiger partial charge < -0.3 is 0 Å². The van der Waals surface area contributed by atoms with Crippen LogP contribution in [0.25, 0.3) is 11.1 Å². The molecule has 0 saturated heterocycles. The Morgan fingerprint density at radius 2 is 0.607 bits per heavy atom. The Kier molecular flexibility index (Phi) is 4.39. The second-order valence-electron chi connectivity index (χ2n) is 7.34. The number of rotatable bonds is 4. The van der Waals surface area contributed by atoms with Crippen molar-refractivity contribution in [2.75, 3.05) is 0 Å². The van der Waals surface area contributed by atoms with Gasteiger partial charge in [0.15, 0.2) is 0 Å². The van der Waals surface area contributed by atoms with Gasteiger partial charge >= 0.3 is 0 Å². The molecule has 0 heteroatoms. The summed E-state index contributed by atoms with van der Waals surface area (Å²) < 4.78 is 0.